The molecule has 0 atom stereocenters. The van der Waals surface area contributed by atoms with E-state index in [1.165, 1.54) is 5.56 Å². The first-order valence-corrected chi connectivity index (χ1v) is 6.24. The predicted octanol–water partition coefficient (Wildman–Crippen LogP) is 3.48. The highest BCUT2D eigenvalue weighted by Crippen LogP contribution is 2.24. The topological polar surface area (TPSA) is 34.1 Å². The molecule has 94 valence electrons. The number of nitrogens with zero attached hydrogens (tertiary/aromatic N) is 1. The molecule has 2 rings (SSSR count). The second-order valence-corrected chi connectivity index (χ2v) is 4.05. The summed E-state index contributed by atoms with van der Waals surface area (Å²) in [5.41, 5.74) is 2.23. The molecular weight excluding hydrogens is 224 g/mol. The van der Waals surface area contributed by atoms with Gasteiger partial charge < -0.3 is 10.1 Å². The van der Waals surface area contributed by atoms with Crippen molar-refractivity contribution in [2.24, 2.45) is 0 Å². The van der Waals surface area contributed by atoms with Crippen molar-refractivity contribution in [1.29, 1.82) is 0 Å². The number of hydrogen-bond donors (Lipinski definition) is 1. The maximum absolute atomic E-state index is 5.70. The van der Waals surface area contributed by atoms with Gasteiger partial charge in [0.05, 0.1) is 12.3 Å². The molecule has 1 N–H and O–H groups in total. The molecule has 0 spiro atoms. The summed E-state index contributed by atoms with van der Waals surface area (Å²) < 4.78 is 5.70. The van der Waals surface area contributed by atoms with Crippen LogP contribution in [0, 0.1) is 0 Å². The first kappa shape index (κ1) is 12.4. The molecule has 2 aromatic rings. The summed E-state index contributed by atoms with van der Waals surface area (Å²) in [5, 5.41) is 3.39. The average molecular weight is 242 g/mol. The maximum Gasteiger partial charge on any atom is 0.142 e. The Morgan fingerprint density at radius 2 is 1.89 bits per heavy atom. The first-order valence-electron chi connectivity index (χ1n) is 6.24. The van der Waals surface area contributed by atoms with E-state index < -0.39 is 0 Å². The molecule has 3 heteroatoms. The maximum atomic E-state index is 5.70. The minimum absolute atomic E-state index is 0.744. The molecule has 1 aromatic heterocycles. The van der Waals surface area contributed by atoms with Crippen molar-refractivity contribution < 1.29 is 4.74 Å². The van der Waals surface area contributed by atoms with Gasteiger partial charge in [0.2, 0.25) is 0 Å². The molecule has 0 fully saturated rings. The lowest BCUT2D eigenvalue weighted by molar-refractivity contribution is 0.319. The number of para-hydroxylation sites is 2. The van der Waals surface area contributed by atoms with Crippen LogP contribution in [0.25, 0.3) is 0 Å². The highest BCUT2D eigenvalue weighted by atomic mass is 16.5. The third kappa shape index (κ3) is 3.48. The third-order valence-corrected chi connectivity index (χ3v) is 2.58. The van der Waals surface area contributed by atoms with Gasteiger partial charge in [-0.15, -0.1) is 0 Å². The van der Waals surface area contributed by atoms with Crippen LogP contribution in [0.2, 0.25) is 0 Å². The lowest BCUT2D eigenvalue weighted by Crippen LogP contribution is -2.03. The van der Waals surface area contributed by atoms with Crippen molar-refractivity contribution >= 4 is 5.69 Å². The van der Waals surface area contributed by atoms with Gasteiger partial charge in [-0.3, -0.25) is 4.98 Å². The van der Waals surface area contributed by atoms with E-state index in [-0.39, 0.29) is 0 Å². The van der Waals surface area contributed by atoms with Crippen molar-refractivity contribution in [2.45, 2.75) is 19.9 Å². The van der Waals surface area contributed by atoms with Crippen LogP contribution in [0.1, 0.15) is 18.9 Å². The Bertz CT molecular complexity index is 471. The largest absolute Gasteiger partial charge is 0.491 e. The first-order chi connectivity index (χ1) is 8.90. The van der Waals surface area contributed by atoms with Crippen molar-refractivity contribution in [3.05, 3.63) is 54.4 Å². The average Bonchev–Trinajstić information content (AvgIpc) is 2.45. The molecule has 0 amide bonds. The van der Waals surface area contributed by atoms with E-state index >= 15 is 0 Å². The van der Waals surface area contributed by atoms with Crippen LogP contribution >= 0.6 is 0 Å². The summed E-state index contributed by atoms with van der Waals surface area (Å²) >= 11 is 0. The van der Waals surface area contributed by atoms with Crippen LogP contribution in [0.3, 0.4) is 0 Å². The molecule has 3 nitrogen and oxygen atoms in total. The summed E-state index contributed by atoms with van der Waals surface area (Å²) in [6.07, 6.45) is 4.62. The Hall–Kier alpha value is -2.03. The van der Waals surface area contributed by atoms with E-state index in [4.69, 9.17) is 4.74 Å². The highest BCUT2D eigenvalue weighted by molar-refractivity contribution is 5.56. The second kappa shape index (κ2) is 6.64. The molecular formula is C15H18N2O. The zero-order valence-corrected chi connectivity index (χ0v) is 10.6. The number of anilines is 1. The summed E-state index contributed by atoms with van der Waals surface area (Å²) in [6, 6.07) is 12.0. The van der Waals surface area contributed by atoms with Gasteiger partial charge in [-0.05, 0) is 36.2 Å². The van der Waals surface area contributed by atoms with Gasteiger partial charge in [-0.1, -0.05) is 19.1 Å². The number of ether oxygens (including phenoxy) is 1. The molecule has 1 heterocycles. The number of rotatable bonds is 6. The number of pyridine rings is 1. The SMILES string of the molecule is CCCOc1ccccc1NCc1ccncc1. The van der Waals surface area contributed by atoms with Crippen LogP contribution in [0.15, 0.2) is 48.8 Å². The fourth-order valence-corrected chi connectivity index (χ4v) is 1.65. The van der Waals surface area contributed by atoms with Gasteiger partial charge in [-0.25, -0.2) is 0 Å². The predicted molar refractivity (Wildman–Crippen MR) is 73.8 cm³/mol. The minimum atomic E-state index is 0.744. The molecule has 0 aliphatic rings. The quantitative estimate of drug-likeness (QED) is 0.842. The van der Waals surface area contributed by atoms with E-state index in [2.05, 4.69) is 17.2 Å². The standard InChI is InChI=1S/C15H18N2O/c1-2-11-18-15-6-4-3-5-14(15)17-12-13-7-9-16-10-8-13/h3-10,17H,2,11-12H2,1H3. The van der Waals surface area contributed by atoms with Gasteiger partial charge in [0.25, 0.3) is 0 Å². The molecule has 0 saturated heterocycles. The Morgan fingerprint density at radius 3 is 2.67 bits per heavy atom. The van der Waals surface area contributed by atoms with Gasteiger partial charge in [-0.2, -0.15) is 0 Å². The van der Waals surface area contributed by atoms with Crippen LogP contribution in [0.4, 0.5) is 5.69 Å². The lowest BCUT2D eigenvalue weighted by atomic mass is 10.2. The fourth-order valence-electron chi connectivity index (χ4n) is 1.65. The number of aromatic nitrogens is 1. The monoisotopic (exact) mass is 242 g/mol. The molecule has 1 aromatic carbocycles. The number of hydrogen-bond acceptors (Lipinski definition) is 3. The minimum Gasteiger partial charge on any atom is -0.491 e. The van der Waals surface area contributed by atoms with Crippen LogP contribution in [0.5, 0.6) is 5.75 Å². The van der Waals surface area contributed by atoms with Gasteiger partial charge in [0.15, 0.2) is 0 Å². The van der Waals surface area contributed by atoms with Crippen LogP contribution in [-0.2, 0) is 6.54 Å². The number of benzene rings is 1. The number of nitrogens with one attached hydrogen (secondary N) is 1. The molecule has 0 saturated carbocycles. The van der Waals surface area contributed by atoms with Crippen molar-refractivity contribution in [1.82, 2.24) is 4.98 Å². The Labute approximate surface area is 108 Å². The third-order valence-electron chi connectivity index (χ3n) is 2.58. The summed E-state index contributed by atoms with van der Waals surface area (Å²) in [4.78, 5) is 4.01. The Morgan fingerprint density at radius 1 is 1.11 bits per heavy atom. The normalized spacial score (nSPS) is 10.1. The van der Waals surface area contributed by atoms with Crippen molar-refractivity contribution in [3.63, 3.8) is 0 Å². The van der Waals surface area contributed by atoms with Gasteiger partial charge >= 0.3 is 0 Å². The Kier molecular flexibility index (Phi) is 4.59. The van der Waals surface area contributed by atoms with Crippen molar-refractivity contribution in [2.75, 3.05) is 11.9 Å². The van der Waals surface area contributed by atoms with Gasteiger partial charge in [0, 0.05) is 18.9 Å². The van der Waals surface area contributed by atoms with E-state index in [1.807, 2.05) is 36.4 Å². The van der Waals surface area contributed by atoms with Crippen LogP contribution in [-0.4, -0.2) is 11.6 Å². The molecule has 18 heavy (non-hydrogen) atoms. The fraction of sp³-hybridized carbons (Fsp3) is 0.267. The lowest BCUT2D eigenvalue weighted by Gasteiger charge is -2.12. The highest BCUT2D eigenvalue weighted by Gasteiger charge is 2.01. The molecule has 0 aliphatic carbocycles. The van der Waals surface area contributed by atoms with E-state index in [9.17, 15) is 0 Å². The van der Waals surface area contributed by atoms with E-state index in [0.717, 1.165) is 31.0 Å². The Balaban J connectivity index is 2.00. The zero-order valence-electron chi connectivity index (χ0n) is 10.6. The second-order valence-electron chi connectivity index (χ2n) is 4.05. The van der Waals surface area contributed by atoms with Crippen LogP contribution < -0.4 is 10.1 Å². The zero-order chi connectivity index (χ0) is 12.6. The summed E-state index contributed by atoms with van der Waals surface area (Å²) in [7, 11) is 0. The van der Waals surface area contributed by atoms with E-state index in [0.29, 0.717) is 0 Å². The molecule has 0 unspecified atom stereocenters. The summed E-state index contributed by atoms with van der Waals surface area (Å²) in [6.45, 7) is 3.62. The molecule has 0 aliphatic heterocycles. The molecule has 0 bridgehead atoms. The van der Waals surface area contributed by atoms with Gasteiger partial charge in [0.1, 0.15) is 5.75 Å². The smallest absolute Gasteiger partial charge is 0.142 e. The molecule has 0 radical (unpaired) electrons. The summed E-state index contributed by atoms with van der Waals surface area (Å²) in [5.74, 6) is 0.911. The van der Waals surface area contributed by atoms with E-state index in [1.54, 1.807) is 12.4 Å². The van der Waals surface area contributed by atoms with Crippen molar-refractivity contribution in [3.8, 4) is 5.75 Å².